The molecule has 3 nitrogen and oxygen atoms in total. The maximum absolute atomic E-state index is 5.45. The van der Waals surface area contributed by atoms with Crippen molar-refractivity contribution in [1.82, 2.24) is 0 Å². The molecule has 0 saturated carbocycles. The second-order valence-corrected chi connectivity index (χ2v) is 1.82. The third-order valence-electron chi connectivity index (χ3n) is 1.04. The molecule has 1 aromatic rings. The summed E-state index contributed by atoms with van der Waals surface area (Å²) in [7, 11) is 1.45. The van der Waals surface area contributed by atoms with Gasteiger partial charge in [-0.2, -0.15) is 4.89 Å². The lowest BCUT2D eigenvalue weighted by Crippen LogP contribution is -1.91. The zero-order valence-electron chi connectivity index (χ0n) is 5.70. The van der Waals surface area contributed by atoms with Gasteiger partial charge in [0, 0.05) is 11.8 Å². The van der Waals surface area contributed by atoms with Gasteiger partial charge in [0.05, 0.1) is 7.11 Å². The fraction of sp³-hybridized carbons (Fsp3) is 0.143. The van der Waals surface area contributed by atoms with Crippen LogP contribution in [-0.4, -0.2) is 7.11 Å². The summed E-state index contributed by atoms with van der Waals surface area (Å²) in [5.41, 5.74) is 6.11. The normalized spacial score (nSPS) is 9.30. The molecule has 0 aliphatic rings. The predicted molar refractivity (Wildman–Crippen MR) is 38.5 cm³/mol. The van der Waals surface area contributed by atoms with E-state index in [0.29, 0.717) is 11.4 Å². The van der Waals surface area contributed by atoms with E-state index in [2.05, 4.69) is 4.89 Å². The summed E-state index contributed by atoms with van der Waals surface area (Å²) in [6.45, 7) is 0. The van der Waals surface area contributed by atoms with Gasteiger partial charge >= 0.3 is 0 Å². The lowest BCUT2D eigenvalue weighted by molar-refractivity contribution is -0.178. The Morgan fingerprint density at radius 1 is 1.40 bits per heavy atom. The molecule has 0 bridgehead atoms. The minimum absolute atomic E-state index is 0.613. The van der Waals surface area contributed by atoms with E-state index >= 15 is 0 Å². The summed E-state index contributed by atoms with van der Waals surface area (Å²) >= 11 is 0. The maximum Gasteiger partial charge on any atom is 0.167 e. The monoisotopic (exact) mass is 139 g/mol. The molecule has 1 rings (SSSR count). The van der Waals surface area contributed by atoms with Gasteiger partial charge in [0.2, 0.25) is 0 Å². The summed E-state index contributed by atoms with van der Waals surface area (Å²) in [6, 6.07) is 7.02. The van der Waals surface area contributed by atoms with Gasteiger partial charge < -0.3 is 10.6 Å². The summed E-state index contributed by atoms with van der Waals surface area (Å²) in [6.07, 6.45) is 0. The fourth-order valence-corrected chi connectivity index (χ4v) is 0.663. The van der Waals surface area contributed by atoms with Crippen LogP contribution in [0.3, 0.4) is 0 Å². The minimum atomic E-state index is 0.613. The highest BCUT2D eigenvalue weighted by atomic mass is 17.2. The van der Waals surface area contributed by atoms with E-state index in [4.69, 9.17) is 10.6 Å². The standard InChI is InChI=1S/C7H9NO2/c1-9-10-7-4-2-3-6(8)5-7/h2-5H,8H2,1H3. The molecule has 0 fully saturated rings. The second-order valence-electron chi connectivity index (χ2n) is 1.82. The van der Waals surface area contributed by atoms with Crippen LogP contribution in [0.25, 0.3) is 0 Å². The quantitative estimate of drug-likeness (QED) is 0.380. The second kappa shape index (κ2) is 3.08. The smallest absolute Gasteiger partial charge is 0.167 e. The zero-order chi connectivity index (χ0) is 7.40. The number of hydrogen-bond donors (Lipinski definition) is 1. The lowest BCUT2D eigenvalue weighted by atomic mass is 10.3. The number of nitrogens with two attached hydrogens (primary N) is 1. The van der Waals surface area contributed by atoms with Crippen LogP contribution in [0.5, 0.6) is 5.75 Å². The highest BCUT2D eigenvalue weighted by Crippen LogP contribution is 2.13. The van der Waals surface area contributed by atoms with E-state index in [1.54, 1.807) is 24.3 Å². The molecule has 0 radical (unpaired) electrons. The van der Waals surface area contributed by atoms with Gasteiger partial charge in [0.25, 0.3) is 0 Å². The van der Waals surface area contributed by atoms with Gasteiger partial charge in [0.1, 0.15) is 0 Å². The molecule has 3 heteroatoms. The zero-order valence-corrected chi connectivity index (χ0v) is 5.70. The van der Waals surface area contributed by atoms with Crippen LogP contribution in [0, 0.1) is 0 Å². The number of hydrogen-bond acceptors (Lipinski definition) is 3. The average molecular weight is 139 g/mol. The number of rotatable bonds is 2. The largest absolute Gasteiger partial charge is 0.399 e. The molecule has 0 amide bonds. The van der Waals surface area contributed by atoms with E-state index in [1.165, 1.54) is 7.11 Å². The molecule has 2 N–H and O–H groups in total. The van der Waals surface area contributed by atoms with Crippen molar-refractivity contribution >= 4 is 5.69 Å². The Morgan fingerprint density at radius 2 is 2.20 bits per heavy atom. The number of nitrogen functional groups attached to an aromatic ring is 1. The molecular weight excluding hydrogens is 130 g/mol. The molecular formula is C7H9NO2. The molecule has 0 aromatic heterocycles. The third kappa shape index (κ3) is 1.63. The first-order valence-electron chi connectivity index (χ1n) is 2.89. The molecule has 0 spiro atoms. The highest BCUT2D eigenvalue weighted by molar-refractivity contribution is 5.43. The van der Waals surface area contributed by atoms with Gasteiger partial charge in [-0.1, -0.05) is 6.07 Å². The van der Waals surface area contributed by atoms with Crippen molar-refractivity contribution in [3.05, 3.63) is 24.3 Å². The van der Waals surface area contributed by atoms with Gasteiger partial charge in [-0.25, -0.2) is 0 Å². The first kappa shape index (κ1) is 6.89. The summed E-state index contributed by atoms with van der Waals surface area (Å²) < 4.78 is 0. The summed E-state index contributed by atoms with van der Waals surface area (Å²) in [5.74, 6) is 0.613. The molecule has 0 aliphatic carbocycles. The van der Waals surface area contributed by atoms with Crippen LogP contribution in [0.4, 0.5) is 5.69 Å². The molecule has 0 heterocycles. The van der Waals surface area contributed by atoms with Crippen LogP contribution in [0.1, 0.15) is 0 Å². The minimum Gasteiger partial charge on any atom is -0.399 e. The van der Waals surface area contributed by atoms with Gasteiger partial charge in [0.15, 0.2) is 5.75 Å². The van der Waals surface area contributed by atoms with Crippen molar-refractivity contribution < 1.29 is 9.78 Å². The van der Waals surface area contributed by atoms with Crippen LogP contribution in [-0.2, 0) is 4.89 Å². The highest BCUT2D eigenvalue weighted by Gasteiger charge is 1.91. The Labute approximate surface area is 59.3 Å². The molecule has 54 valence electrons. The molecule has 0 saturated heterocycles. The van der Waals surface area contributed by atoms with Crippen molar-refractivity contribution in [1.29, 1.82) is 0 Å². The van der Waals surface area contributed by atoms with Crippen molar-refractivity contribution in [2.75, 3.05) is 12.8 Å². The fourth-order valence-electron chi connectivity index (χ4n) is 0.663. The Balaban J connectivity index is 2.75. The SMILES string of the molecule is COOc1cccc(N)c1. The van der Waals surface area contributed by atoms with Gasteiger partial charge in [-0.3, -0.25) is 0 Å². The third-order valence-corrected chi connectivity index (χ3v) is 1.04. The first-order valence-corrected chi connectivity index (χ1v) is 2.89. The van der Waals surface area contributed by atoms with Crippen LogP contribution in [0.15, 0.2) is 24.3 Å². The summed E-state index contributed by atoms with van der Waals surface area (Å²) in [4.78, 5) is 9.13. The summed E-state index contributed by atoms with van der Waals surface area (Å²) in [5, 5.41) is 0. The lowest BCUT2D eigenvalue weighted by Gasteiger charge is -1.99. The Bertz CT molecular complexity index is 213. The number of benzene rings is 1. The van der Waals surface area contributed by atoms with Crippen molar-refractivity contribution in [2.24, 2.45) is 0 Å². The van der Waals surface area contributed by atoms with Crippen LogP contribution >= 0.6 is 0 Å². The Hall–Kier alpha value is -1.22. The first-order chi connectivity index (χ1) is 4.83. The molecule has 0 aliphatic heterocycles. The van der Waals surface area contributed by atoms with E-state index in [9.17, 15) is 0 Å². The maximum atomic E-state index is 5.45. The molecule has 0 atom stereocenters. The Kier molecular flexibility index (Phi) is 2.12. The molecule has 0 unspecified atom stereocenters. The van der Waals surface area contributed by atoms with Crippen molar-refractivity contribution in [3.63, 3.8) is 0 Å². The predicted octanol–water partition coefficient (Wildman–Crippen LogP) is 1.21. The van der Waals surface area contributed by atoms with Gasteiger partial charge in [-0.15, -0.1) is 0 Å². The van der Waals surface area contributed by atoms with Crippen molar-refractivity contribution in [2.45, 2.75) is 0 Å². The van der Waals surface area contributed by atoms with Crippen LogP contribution in [0.2, 0.25) is 0 Å². The average Bonchev–Trinajstić information content (AvgIpc) is 1.88. The Morgan fingerprint density at radius 3 is 2.80 bits per heavy atom. The molecule has 1 aromatic carbocycles. The van der Waals surface area contributed by atoms with Crippen molar-refractivity contribution in [3.8, 4) is 5.75 Å². The van der Waals surface area contributed by atoms with E-state index in [1.807, 2.05) is 0 Å². The van der Waals surface area contributed by atoms with Crippen LogP contribution < -0.4 is 10.6 Å². The topological polar surface area (TPSA) is 44.5 Å². The van der Waals surface area contributed by atoms with E-state index in [-0.39, 0.29) is 0 Å². The van der Waals surface area contributed by atoms with E-state index in [0.717, 1.165) is 0 Å². The number of anilines is 1. The molecule has 10 heavy (non-hydrogen) atoms. The van der Waals surface area contributed by atoms with Gasteiger partial charge in [-0.05, 0) is 12.1 Å². The van der Waals surface area contributed by atoms with E-state index < -0.39 is 0 Å².